The van der Waals surface area contributed by atoms with Crippen molar-refractivity contribution >= 4 is 5.91 Å². The van der Waals surface area contributed by atoms with Crippen LogP contribution in [0.25, 0.3) is 0 Å². The highest BCUT2D eigenvalue weighted by Crippen LogP contribution is 2.07. The third kappa shape index (κ3) is 8.18. The highest BCUT2D eigenvalue weighted by molar-refractivity contribution is 5.81. The fraction of sp³-hybridized carbons (Fsp3) is 0.929. The molecule has 0 spiro atoms. The molecule has 0 aromatic rings. The van der Waals surface area contributed by atoms with Gasteiger partial charge in [-0.25, -0.2) is 0 Å². The van der Waals surface area contributed by atoms with Gasteiger partial charge in [-0.05, 0) is 33.1 Å². The minimum absolute atomic E-state index is 0.0509. The van der Waals surface area contributed by atoms with Crippen molar-refractivity contribution in [2.75, 3.05) is 26.3 Å². The maximum Gasteiger partial charge on any atom is 0.239 e. The van der Waals surface area contributed by atoms with Crippen molar-refractivity contribution in [2.45, 2.75) is 53.4 Å². The average molecular weight is 274 g/mol. The number of hydrogen-bond acceptors (Lipinski definition) is 4. The first-order valence-electron chi connectivity index (χ1n) is 7.19. The van der Waals surface area contributed by atoms with Gasteiger partial charge in [0.25, 0.3) is 0 Å². The third-order valence-corrected chi connectivity index (χ3v) is 2.75. The summed E-state index contributed by atoms with van der Waals surface area (Å²) in [5, 5.41) is 0. The van der Waals surface area contributed by atoms with E-state index in [4.69, 9.17) is 15.2 Å². The number of rotatable bonds is 10. The van der Waals surface area contributed by atoms with Gasteiger partial charge >= 0.3 is 0 Å². The lowest BCUT2D eigenvalue weighted by molar-refractivity contribution is -0.159. The lowest BCUT2D eigenvalue weighted by Crippen LogP contribution is -2.47. The summed E-state index contributed by atoms with van der Waals surface area (Å²) in [4.78, 5) is 13.8. The van der Waals surface area contributed by atoms with E-state index >= 15 is 0 Å². The maximum atomic E-state index is 12.1. The highest BCUT2D eigenvalue weighted by atomic mass is 16.7. The fourth-order valence-corrected chi connectivity index (χ4v) is 1.70. The van der Waals surface area contributed by atoms with Crippen LogP contribution in [0.3, 0.4) is 0 Å². The number of hydrogen-bond donors (Lipinski definition) is 1. The van der Waals surface area contributed by atoms with E-state index in [0.29, 0.717) is 32.2 Å². The minimum atomic E-state index is -0.490. The van der Waals surface area contributed by atoms with E-state index in [1.807, 2.05) is 13.8 Å². The van der Waals surface area contributed by atoms with Crippen molar-refractivity contribution in [3.63, 3.8) is 0 Å². The molecule has 19 heavy (non-hydrogen) atoms. The number of amides is 1. The molecule has 1 atom stereocenters. The van der Waals surface area contributed by atoms with Gasteiger partial charge in [-0.2, -0.15) is 0 Å². The summed E-state index contributed by atoms with van der Waals surface area (Å²) in [6.07, 6.45) is 0.577. The Bertz CT molecular complexity index is 239. The topological polar surface area (TPSA) is 64.8 Å². The zero-order valence-electron chi connectivity index (χ0n) is 13.0. The largest absolute Gasteiger partial charge is 0.351 e. The molecule has 0 aromatic carbocycles. The lowest BCUT2D eigenvalue weighted by Gasteiger charge is -2.29. The Hall–Kier alpha value is -0.650. The smallest absolute Gasteiger partial charge is 0.239 e. The molecule has 0 radical (unpaired) electrons. The normalized spacial score (nSPS) is 13.1. The lowest BCUT2D eigenvalue weighted by atomic mass is 10.1. The summed E-state index contributed by atoms with van der Waals surface area (Å²) in [5.74, 6) is 0.492. The van der Waals surface area contributed by atoms with Crippen LogP contribution in [0.2, 0.25) is 0 Å². The van der Waals surface area contributed by atoms with Crippen LogP contribution in [0, 0.1) is 5.92 Å². The standard InChI is InChI=1S/C14H30N2O3/c1-6-18-13(19-7-2)10-16(9-8-11(3)4)14(17)12(5)15/h11-13H,6-10,15H2,1-5H3/t12-/m0/s1. The van der Waals surface area contributed by atoms with Crippen LogP contribution >= 0.6 is 0 Å². The van der Waals surface area contributed by atoms with Crippen molar-refractivity contribution in [1.82, 2.24) is 4.90 Å². The van der Waals surface area contributed by atoms with Crippen LogP contribution in [-0.4, -0.2) is 49.4 Å². The van der Waals surface area contributed by atoms with Gasteiger partial charge in [0, 0.05) is 19.8 Å². The molecule has 0 heterocycles. The van der Waals surface area contributed by atoms with E-state index < -0.39 is 6.04 Å². The molecule has 0 fully saturated rings. The second kappa shape index (κ2) is 10.2. The van der Waals surface area contributed by atoms with Crippen molar-refractivity contribution in [3.05, 3.63) is 0 Å². The maximum absolute atomic E-state index is 12.1. The van der Waals surface area contributed by atoms with Crippen LogP contribution < -0.4 is 5.73 Å². The van der Waals surface area contributed by atoms with Gasteiger partial charge in [0.2, 0.25) is 5.91 Å². The molecule has 2 N–H and O–H groups in total. The third-order valence-electron chi connectivity index (χ3n) is 2.75. The summed E-state index contributed by atoms with van der Waals surface area (Å²) < 4.78 is 11.0. The predicted octanol–water partition coefficient (Wildman–Crippen LogP) is 1.61. The van der Waals surface area contributed by atoms with E-state index in [0.717, 1.165) is 6.42 Å². The first-order chi connectivity index (χ1) is 8.92. The van der Waals surface area contributed by atoms with Crippen molar-refractivity contribution in [2.24, 2.45) is 11.7 Å². The molecule has 114 valence electrons. The zero-order valence-corrected chi connectivity index (χ0v) is 13.0. The Morgan fingerprint density at radius 2 is 1.68 bits per heavy atom. The van der Waals surface area contributed by atoms with Crippen LogP contribution in [0.4, 0.5) is 0 Å². The molecular formula is C14H30N2O3. The predicted molar refractivity (Wildman–Crippen MR) is 76.7 cm³/mol. The molecule has 0 aliphatic carbocycles. The first kappa shape index (κ1) is 18.4. The number of carbonyl (C=O) groups is 1. The van der Waals surface area contributed by atoms with Crippen molar-refractivity contribution in [1.29, 1.82) is 0 Å². The molecule has 1 amide bonds. The molecule has 0 aliphatic rings. The van der Waals surface area contributed by atoms with E-state index in [2.05, 4.69) is 13.8 Å². The molecule has 0 unspecified atom stereocenters. The Morgan fingerprint density at radius 1 is 1.16 bits per heavy atom. The van der Waals surface area contributed by atoms with Gasteiger partial charge < -0.3 is 20.1 Å². The van der Waals surface area contributed by atoms with Gasteiger partial charge in [0.05, 0.1) is 12.6 Å². The molecule has 5 heteroatoms. The average Bonchev–Trinajstić information content (AvgIpc) is 2.33. The summed E-state index contributed by atoms with van der Waals surface area (Å²) in [6, 6.07) is -0.490. The van der Waals surface area contributed by atoms with Gasteiger partial charge in [-0.1, -0.05) is 13.8 Å². The summed E-state index contributed by atoms with van der Waals surface area (Å²) in [5.41, 5.74) is 5.69. The second-order valence-corrected chi connectivity index (χ2v) is 5.10. The van der Waals surface area contributed by atoms with Gasteiger partial charge in [-0.3, -0.25) is 4.79 Å². The molecule has 0 aromatic heterocycles. The monoisotopic (exact) mass is 274 g/mol. The van der Waals surface area contributed by atoms with E-state index in [1.54, 1.807) is 11.8 Å². The van der Waals surface area contributed by atoms with Crippen LogP contribution in [0.15, 0.2) is 0 Å². The van der Waals surface area contributed by atoms with Crippen LogP contribution in [-0.2, 0) is 14.3 Å². The summed E-state index contributed by atoms with van der Waals surface area (Å²) in [7, 11) is 0. The number of nitrogens with zero attached hydrogens (tertiary/aromatic N) is 1. The van der Waals surface area contributed by atoms with E-state index in [1.165, 1.54) is 0 Å². The van der Waals surface area contributed by atoms with Crippen molar-refractivity contribution in [3.8, 4) is 0 Å². The number of nitrogens with two attached hydrogens (primary N) is 1. The Balaban J connectivity index is 4.56. The molecule has 0 saturated carbocycles. The minimum Gasteiger partial charge on any atom is -0.351 e. The Kier molecular flexibility index (Phi) is 9.83. The van der Waals surface area contributed by atoms with E-state index in [9.17, 15) is 4.79 Å². The Morgan fingerprint density at radius 3 is 2.05 bits per heavy atom. The second-order valence-electron chi connectivity index (χ2n) is 5.10. The van der Waals surface area contributed by atoms with Gasteiger partial charge in [0.15, 0.2) is 6.29 Å². The van der Waals surface area contributed by atoms with Gasteiger partial charge in [-0.15, -0.1) is 0 Å². The summed E-state index contributed by atoms with van der Waals surface area (Å²) >= 11 is 0. The quantitative estimate of drug-likeness (QED) is 0.615. The number of ether oxygens (including phenoxy) is 2. The molecule has 0 saturated heterocycles. The molecule has 0 aliphatic heterocycles. The summed E-state index contributed by atoms with van der Waals surface area (Å²) in [6.45, 7) is 12.1. The SMILES string of the molecule is CCOC(CN(CCC(C)C)C(=O)[C@H](C)N)OCC. The zero-order chi connectivity index (χ0) is 14.8. The van der Waals surface area contributed by atoms with E-state index in [-0.39, 0.29) is 12.2 Å². The number of carbonyl (C=O) groups excluding carboxylic acids is 1. The molecule has 0 bridgehead atoms. The first-order valence-corrected chi connectivity index (χ1v) is 7.19. The molecule has 5 nitrogen and oxygen atoms in total. The fourth-order valence-electron chi connectivity index (χ4n) is 1.70. The van der Waals surface area contributed by atoms with Crippen molar-refractivity contribution < 1.29 is 14.3 Å². The Labute approximate surface area is 117 Å². The molecule has 0 rings (SSSR count). The van der Waals surface area contributed by atoms with Crippen LogP contribution in [0.5, 0.6) is 0 Å². The van der Waals surface area contributed by atoms with Gasteiger partial charge in [0.1, 0.15) is 0 Å². The highest BCUT2D eigenvalue weighted by Gasteiger charge is 2.22. The molecular weight excluding hydrogens is 244 g/mol. The van der Waals surface area contributed by atoms with Crippen LogP contribution in [0.1, 0.15) is 41.0 Å².